The second-order valence-electron chi connectivity index (χ2n) is 5.90. The SMILES string of the molecule is CC(C)CN(C1CCCC1)S(=O)(=O)c1cccc(O)c1. The molecule has 1 saturated carbocycles. The first-order valence-corrected chi connectivity index (χ1v) is 8.66. The summed E-state index contributed by atoms with van der Waals surface area (Å²) in [6, 6.07) is 6.05. The number of hydrogen-bond donors (Lipinski definition) is 1. The van der Waals surface area contributed by atoms with Crippen molar-refractivity contribution in [2.45, 2.75) is 50.5 Å². The molecule has 4 nitrogen and oxygen atoms in total. The Balaban J connectivity index is 2.35. The fourth-order valence-corrected chi connectivity index (χ4v) is 4.66. The minimum Gasteiger partial charge on any atom is -0.508 e. The van der Waals surface area contributed by atoms with Gasteiger partial charge in [0.1, 0.15) is 5.75 Å². The van der Waals surface area contributed by atoms with Crippen LogP contribution >= 0.6 is 0 Å². The molecule has 0 spiro atoms. The van der Waals surface area contributed by atoms with Crippen molar-refractivity contribution in [1.82, 2.24) is 4.31 Å². The molecule has 0 aliphatic heterocycles. The van der Waals surface area contributed by atoms with Crippen molar-refractivity contribution >= 4 is 10.0 Å². The third kappa shape index (κ3) is 3.33. The zero-order valence-electron chi connectivity index (χ0n) is 12.1. The number of rotatable bonds is 5. The Kier molecular flexibility index (Phi) is 4.70. The molecular weight excluding hydrogens is 274 g/mol. The Morgan fingerprint density at radius 1 is 1.30 bits per heavy atom. The topological polar surface area (TPSA) is 57.6 Å². The minimum absolute atomic E-state index is 0.0120. The largest absolute Gasteiger partial charge is 0.508 e. The molecule has 1 aromatic carbocycles. The van der Waals surface area contributed by atoms with Crippen LogP contribution in [0.15, 0.2) is 29.2 Å². The van der Waals surface area contributed by atoms with Crippen molar-refractivity contribution in [2.24, 2.45) is 5.92 Å². The van der Waals surface area contributed by atoms with E-state index in [1.54, 1.807) is 16.4 Å². The number of phenolic OH excluding ortho intramolecular Hbond substituents is 1. The quantitative estimate of drug-likeness (QED) is 0.909. The molecule has 112 valence electrons. The van der Waals surface area contributed by atoms with Crippen LogP contribution in [0.2, 0.25) is 0 Å². The van der Waals surface area contributed by atoms with Gasteiger partial charge in [-0.25, -0.2) is 8.42 Å². The van der Waals surface area contributed by atoms with Gasteiger partial charge in [0.2, 0.25) is 10.0 Å². The average Bonchev–Trinajstić information content (AvgIpc) is 2.89. The lowest BCUT2D eigenvalue weighted by atomic mass is 10.2. The van der Waals surface area contributed by atoms with E-state index in [0.29, 0.717) is 6.54 Å². The van der Waals surface area contributed by atoms with E-state index in [2.05, 4.69) is 0 Å². The second kappa shape index (κ2) is 6.14. The van der Waals surface area contributed by atoms with Crippen LogP contribution in [0.25, 0.3) is 0 Å². The molecule has 0 bridgehead atoms. The number of aromatic hydroxyl groups is 1. The first kappa shape index (κ1) is 15.3. The Morgan fingerprint density at radius 3 is 2.50 bits per heavy atom. The van der Waals surface area contributed by atoms with Crippen LogP contribution < -0.4 is 0 Å². The van der Waals surface area contributed by atoms with Gasteiger partial charge in [-0.2, -0.15) is 4.31 Å². The van der Waals surface area contributed by atoms with Crippen LogP contribution in [-0.4, -0.2) is 30.4 Å². The van der Waals surface area contributed by atoms with Gasteiger partial charge in [-0.05, 0) is 37.0 Å². The average molecular weight is 297 g/mol. The number of hydrogen-bond acceptors (Lipinski definition) is 3. The lowest BCUT2D eigenvalue weighted by Gasteiger charge is -2.29. The summed E-state index contributed by atoms with van der Waals surface area (Å²) in [6.45, 7) is 4.59. The first-order chi connectivity index (χ1) is 9.41. The highest BCUT2D eigenvalue weighted by Gasteiger charge is 2.33. The van der Waals surface area contributed by atoms with E-state index < -0.39 is 10.0 Å². The van der Waals surface area contributed by atoms with Gasteiger partial charge in [-0.15, -0.1) is 0 Å². The summed E-state index contributed by atoms with van der Waals surface area (Å²) in [5.74, 6) is 0.268. The molecule has 1 aliphatic rings. The molecule has 0 saturated heterocycles. The van der Waals surface area contributed by atoms with Crippen LogP contribution in [0, 0.1) is 5.92 Å². The maximum atomic E-state index is 12.8. The molecule has 0 aromatic heterocycles. The van der Waals surface area contributed by atoms with Crippen molar-refractivity contribution < 1.29 is 13.5 Å². The number of sulfonamides is 1. The highest BCUT2D eigenvalue weighted by molar-refractivity contribution is 7.89. The Morgan fingerprint density at radius 2 is 1.95 bits per heavy atom. The van der Waals surface area contributed by atoms with Gasteiger partial charge in [0.05, 0.1) is 4.90 Å². The molecule has 1 aliphatic carbocycles. The third-order valence-corrected chi connectivity index (χ3v) is 5.62. The van der Waals surface area contributed by atoms with Crippen molar-refractivity contribution in [3.63, 3.8) is 0 Å². The molecular formula is C15H23NO3S. The molecule has 1 N–H and O–H groups in total. The highest BCUT2D eigenvalue weighted by Crippen LogP contribution is 2.30. The molecule has 1 aromatic rings. The van der Waals surface area contributed by atoms with Gasteiger partial charge in [-0.1, -0.05) is 32.8 Å². The Hall–Kier alpha value is -1.07. The van der Waals surface area contributed by atoms with Crippen LogP contribution in [0.4, 0.5) is 0 Å². The second-order valence-corrected chi connectivity index (χ2v) is 7.79. The normalized spacial score (nSPS) is 17.2. The van der Waals surface area contributed by atoms with Crippen LogP contribution in [0.5, 0.6) is 5.75 Å². The van der Waals surface area contributed by atoms with E-state index in [1.165, 1.54) is 12.1 Å². The minimum atomic E-state index is -3.53. The summed E-state index contributed by atoms with van der Waals surface area (Å²) in [4.78, 5) is 0.185. The Labute approximate surface area is 121 Å². The summed E-state index contributed by atoms with van der Waals surface area (Å²) >= 11 is 0. The molecule has 0 unspecified atom stereocenters. The van der Waals surface area contributed by atoms with Gasteiger partial charge in [-0.3, -0.25) is 0 Å². The maximum absolute atomic E-state index is 12.8. The lowest BCUT2D eigenvalue weighted by Crippen LogP contribution is -2.41. The van der Waals surface area contributed by atoms with E-state index in [1.807, 2.05) is 13.8 Å². The molecule has 0 heterocycles. The van der Waals surface area contributed by atoms with Crippen molar-refractivity contribution in [2.75, 3.05) is 6.54 Å². The van der Waals surface area contributed by atoms with Crippen molar-refractivity contribution in [3.8, 4) is 5.75 Å². The third-order valence-electron chi connectivity index (χ3n) is 3.70. The van der Waals surface area contributed by atoms with Crippen LogP contribution in [0.1, 0.15) is 39.5 Å². The highest BCUT2D eigenvalue weighted by atomic mass is 32.2. The summed E-state index contributed by atoms with van der Waals surface area (Å²) in [5, 5.41) is 9.52. The monoisotopic (exact) mass is 297 g/mol. The van der Waals surface area contributed by atoms with E-state index in [4.69, 9.17) is 0 Å². The van der Waals surface area contributed by atoms with Crippen molar-refractivity contribution in [3.05, 3.63) is 24.3 Å². The summed E-state index contributed by atoms with van der Waals surface area (Å²) in [7, 11) is -3.53. The number of benzene rings is 1. The maximum Gasteiger partial charge on any atom is 0.243 e. The molecule has 0 radical (unpaired) electrons. The molecule has 0 amide bonds. The fourth-order valence-electron chi connectivity index (χ4n) is 2.77. The van der Waals surface area contributed by atoms with Gasteiger partial charge in [0.25, 0.3) is 0 Å². The Bertz CT molecular complexity index is 548. The van der Waals surface area contributed by atoms with Gasteiger partial charge in [0.15, 0.2) is 0 Å². The number of phenols is 1. The van der Waals surface area contributed by atoms with E-state index >= 15 is 0 Å². The standard InChI is InChI=1S/C15H23NO3S/c1-12(2)11-16(13-6-3-4-7-13)20(18,19)15-9-5-8-14(17)10-15/h5,8-10,12-13,17H,3-4,6-7,11H2,1-2H3. The lowest BCUT2D eigenvalue weighted by molar-refractivity contribution is 0.292. The predicted molar refractivity (Wildman–Crippen MR) is 79.1 cm³/mol. The molecule has 1 fully saturated rings. The molecule has 5 heteroatoms. The van der Waals surface area contributed by atoms with E-state index in [9.17, 15) is 13.5 Å². The zero-order chi connectivity index (χ0) is 14.8. The van der Waals surface area contributed by atoms with Crippen molar-refractivity contribution in [1.29, 1.82) is 0 Å². The molecule has 20 heavy (non-hydrogen) atoms. The smallest absolute Gasteiger partial charge is 0.243 e. The van der Waals surface area contributed by atoms with Crippen LogP contribution in [0.3, 0.4) is 0 Å². The molecule has 0 atom stereocenters. The van der Waals surface area contributed by atoms with Gasteiger partial charge in [0, 0.05) is 12.6 Å². The van der Waals surface area contributed by atoms with Gasteiger partial charge < -0.3 is 5.11 Å². The molecule has 2 rings (SSSR count). The predicted octanol–water partition coefficient (Wildman–Crippen LogP) is 2.98. The summed E-state index contributed by atoms with van der Waals surface area (Å²) < 4.78 is 27.3. The van der Waals surface area contributed by atoms with E-state index in [0.717, 1.165) is 25.7 Å². The fraction of sp³-hybridized carbons (Fsp3) is 0.600. The number of nitrogens with zero attached hydrogens (tertiary/aromatic N) is 1. The van der Waals surface area contributed by atoms with E-state index in [-0.39, 0.29) is 22.6 Å². The summed E-state index contributed by atoms with van der Waals surface area (Å²) in [5.41, 5.74) is 0. The van der Waals surface area contributed by atoms with Crippen LogP contribution in [-0.2, 0) is 10.0 Å². The van der Waals surface area contributed by atoms with Gasteiger partial charge >= 0.3 is 0 Å². The first-order valence-electron chi connectivity index (χ1n) is 7.22. The zero-order valence-corrected chi connectivity index (χ0v) is 12.9. The summed E-state index contributed by atoms with van der Waals surface area (Å²) in [6.07, 6.45) is 4.05.